The minimum Gasteiger partial charge on any atom is -0.479 e. The number of carboxylic acid groups (broad SMARTS) is 1. The summed E-state index contributed by atoms with van der Waals surface area (Å²) in [6.07, 6.45) is 0. The molecule has 0 saturated heterocycles. The van der Waals surface area contributed by atoms with Crippen molar-refractivity contribution in [3.8, 4) is 5.88 Å². The molecule has 6 heteroatoms. The quantitative estimate of drug-likeness (QED) is 0.866. The van der Waals surface area contributed by atoms with Crippen LogP contribution in [0.1, 0.15) is 5.69 Å². The minimum absolute atomic E-state index is 0.308. The molecule has 5 nitrogen and oxygen atoms in total. The lowest BCUT2D eigenvalue weighted by molar-refractivity contribution is -0.139. The summed E-state index contributed by atoms with van der Waals surface area (Å²) in [6, 6.07) is 0. The van der Waals surface area contributed by atoms with Gasteiger partial charge in [-0.3, -0.25) is 4.68 Å². The van der Waals surface area contributed by atoms with E-state index in [0.717, 1.165) is 5.69 Å². The molecule has 0 bridgehead atoms. The van der Waals surface area contributed by atoms with Crippen LogP contribution in [-0.4, -0.2) is 27.5 Å². The fourth-order valence-corrected chi connectivity index (χ4v) is 1.22. The Labute approximate surface area is 83.4 Å². The van der Waals surface area contributed by atoms with Crippen molar-refractivity contribution >= 4 is 21.9 Å². The lowest BCUT2D eigenvalue weighted by atomic mass is 10.5. The predicted molar refractivity (Wildman–Crippen MR) is 48.8 cm³/mol. The Morgan fingerprint density at radius 1 is 1.77 bits per heavy atom. The van der Waals surface area contributed by atoms with Crippen LogP contribution in [0.4, 0.5) is 0 Å². The molecule has 0 aliphatic carbocycles. The summed E-state index contributed by atoms with van der Waals surface area (Å²) in [5, 5.41) is 12.3. The van der Waals surface area contributed by atoms with Gasteiger partial charge in [0.1, 0.15) is 4.47 Å². The molecule has 1 heterocycles. The van der Waals surface area contributed by atoms with Crippen molar-refractivity contribution in [3.05, 3.63) is 10.2 Å². The zero-order valence-corrected chi connectivity index (χ0v) is 8.83. The monoisotopic (exact) mass is 248 g/mol. The summed E-state index contributed by atoms with van der Waals surface area (Å²) < 4.78 is 7.22. The van der Waals surface area contributed by atoms with Crippen molar-refractivity contribution in [2.75, 3.05) is 6.61 Å². The van der Waals surface area contributed by atoms with Crippen molar-refractivity contribution in [1.82, 2.24) is 9.78 Å². The summed E-state index contributed by atoms with van der Waals surface area (Å²) in [5.41, 5.74) is 0.889. The first-order valence-corrected chi connectivity index (χ1v) is 4.35. The maximum Gasteiger partial charge on any atom is 0.341 e. The normalized spacial score (nSPS) is 10.1. The van der Waals surface area contributed by atoms with E-state index in [1.807, 2.05) is 6.92 Å². The number of carbonyl (C=O) groups is 1. The van der Waals surface area contributed by atoms with Gasteiger partial charge in [0.05, 0.1) is 5.69 Å². The maximum atomic E-state index is 10.2. The number of hydrogen-bond acceptors (Lipinski definition) is 3. The summed E-state index contributed by atoms with van der Waals surface area (Å²) in [4.78, 5) is 10.2. The van der Waals surface area contributed by atoms with Crippen molar-refractivity contribution in [2.45, 2.75) is 6.92 Å². The second kappa shape index (κ2) is 3.78. The van der Waals surface area contributed by atoms with Gasteiger partial charge in [0.2, 0.25) is 5.88 Å². The van der Waals surface area contributed by atoms with Gasteiger partial charge in [0.15, 0.2) is 6.61 Å². The van der Waals surface area contributed by atoms with Crippen molar-refractivity contribution in [3.63, 3.8) is 0 Å². The molecule has 0 saturated carbocycles. The summed E-state index contributed by atoms with van der Waals surface area (Å²) in [6.45, 7) is 1.47. The Kier molecular flexibility index (Phi) is 2.92. The molecule has 0 aliphatic heterocycles. The summed E-state index contributed by atoms with van der Waals surface area (Å²) in [7, 11) is 1.76. The molecule has 0 amide bonds. The maximum absolute atomic E-state index is 10.2. The number of carboxylic acids is 1. The first kappa shape index (κ1) is 10.0. The van der Waals surface area contributed by atoms with E-state index in [-0.39, 0.29) is 6.61 Å². The number of halogens is 1. The SMILES string of the molecule is Cc1c(Br)c(OCC(=O)O)nn1C. The molecule has 0 atom stereocenters. The van der Waals surface area contributed by atoms with E-state index in [0.29, 0.717) is 10.4 Å². The Hall–Kier alpha value is -1.04. The molecule has 1 N–H and O–H groups in total. The smallest absolute Gasteiger partial charge is 0.341 e. The average molecular weight is 249 g/mol. The van der Waals surface area contributed by atoms with Gasteiger partial charge < -0.3 is 9.84 Å². The second-order valence-electron chi connectivity index (χ2n) is 2.51. The zero-order chi connectivity index (χ0) is 10.0. The molecule has 1 aromatic heterocycles. The Morgan fingerprint density at radius 3 is 2.77 bits per heavy atom. The Balaban J connectivity index is 2.78. The number of hydrogen-bond donors (Lipinski definition) is 1. The van der Waals surface area contributed by atoms with E-state index in [1.165, 1.54) is 0 Å². The second-order valence-corrected chi connectivity index (χ2v) is 3.30. The molecule has 0 unspecified atom stereocenters. The molecule has 0 aromatic carbocycles. The minimum atomic E-state index is -1.02. The van der Waals surface area contributed by atoms with Crippen LogP contribution in [0.5, 0.6) is 5.88 Å². The van der Waals surface area contributed by atoms with Gasteiger partial charge in [-0.15, -0.1) is 5.10 Å². The predicted octanol–water partition coefficient (Wildman–Crippen LogP) is 0.954. The fourth-order valence-electron chi connectivity index (χ4n) is 0.774. The molecule has 1 rings (SSSR count). The zero-order valence-electron chi connectivity index (χ0n) is 7.24. The highest BCUT2D eigenvalue weighted by atomic mass is 79.9. The number of aryl methyl sites for hydroxylation is 1. The van der Waals surface area contributed by atoms with Gasteiger partial charge in [0, 0.05) is 7.05 Å². The van der Waals surface area contributed by atoms with Gasteiger partial charge in [-0.25, -0.2) is 4.79 Å². The van der Waals surface area contributed by atoms with E-state index in [2.05, 4.69) is 21.0 Å². The topological polar surface area (TPSA) is 64.3 Å². The number of nitrogens with zero attached hydrogens (tertiary/aromatic N) is 2. The van der Waals surface area contributed by atoms with E-state index in [9.17, 15) is 4.79 Å². The molecule has 1 aromatic rings. The molecule has 72 valence electrons. The third-order valence-corrected chi connectivity index (χ3v) is 2.48. The van der Waals surface area contributed by atoms with Crippen LogP contribution in [-0.2, 0) is 11.8 Å². The van der Waals surface area contributed by atoms with Crippen LogP contribution in [0.15, 0.2) is 4.47 Å². The van der Waals surface area contributed by atoms with E-state index in [1.54, 1.807) is 11.7 Å². The summed E-state index contributed by atoms with van der Waals surface area (Å²) >= 11 is 3.25. The molecular weight excluding hydrogens is 240 g/mol. The highest BCUT2D eigenvalue weighted by molar-refractivity contribution is 9.10. The third-order valence-electron chi connectivity index (χ3n) is 1.56. The van der Waals surface area contributed by atoms with Crippen LogP contribution in [0, 0.1) is 6.92 Å². The lowest BCUT2D eigenvalue weighted by Gasteiger charge is -1.97. The van der Waals surface area contributed by atoms with Gasteiger partial charge >= 0.3 is 5.97 Å². The molecule has 0 aliphatic rings. The summed E-state index contributed by atoms with van der Waals surface area (Å²) in [5.74, 6) is -0.711. The molecule has 0 fully saturated rings. The number of ether oxygens (including phenoxy) is 1. The first-order chi connectivity index (χ1) is 6.02. The van der Waals surface area contributed by atoms with E-state index >= 15 is 0 Å². The molecule has 13 heavy (non-hydrogen) atoms. The highest BCUT2D eigenvalue weighted by Gasteiger charge is 2.12. The lowest BCUT2D eigenvalue weighted by Crippen LogP contribution is -2.10. The van der Waals surface area contributed by atoms with Crippen molar-refractivity contribution < 1.29 is 14.6 Å². The van der Waals surface area contributed by atoms with Gasteiger partial charge in [-0.1, -0.05) is 0 Å². The largest absolute Gasteiger partial charge is 0.479 e. The van der Waals surface area contributed by atoms with Crippen molar-refractivity contribution in [2.24, 2.45) is 7.05 Å². The molecular formula is C7H9BrN2O3. The molecule has 0 spiro atoms. The van der Waals surface area contributed by atoms with Crippen LogP contribution >= 0.6 is 15.9 Å². The van der Waals surface area contributed by atoms with Crippen LogP contribution in [0.25, 0.3) is 0 Å². The van der Waals surface area contributed by atoms with E-state index in [4.69, 9.17) is 9.84 Å². The third kappa shape index (κ3) is 2.21. The number of aliphatic carboxylic acids is 1. The van der Waals surface area contributed by atoms with Crippen LogP contribution in [0.3, 0.4) is 0 Å². The Bertz CT molecular complexity index is 335. The van der Waals surface area contributed by atoms with Crippen LogP contribution < -0.4 is 4.74 Å². The highest BCUT2D eigenvalue weighted by Crippen LogP contribution is 2.26. The van der Waals surface area contributed by atoms with Gasteiger partial charge in [0.25, 0.3) is 0 Å². The molecule has 0 radical (unpaired) electrons. The Morgan fingerprint density at radius 2 is 2.38 bits per heavy atom. The number of rotatable bonds is 3. The first-order valence-electron chi connectivity index (χ1n) is 3.56. The van der Waals surface area contributed by atoms with Crippen LogP contribution in [0.2, 0.25) is 0 Å². The number of aromatic nitrogens is 2. The average Bonchev–Trinajstić information content (AvgIpc) is 2.29. The van der Waals surface area contributed by atoms with E-state index < -0.39 is 5.97 Å². The standard InChI is InChI=1S/C7H9BrN2O3/c1-4-6(8)7(9-10(4)2)13-3-5(11)12/h3H2,1-2H3,(H,11,12). The van der Waals surface area contributed by atoms with Gasteiger partial charge in [-0.2, -0.15) is 0 Å². The van der Waals surface area contributed by atoms with Crippen molar-refractivity contribution in [1.29, 1.82) is 0 Å². The fraction of sp³-hybridized carbons (Fsp3) is 0.429. The van der Waals surface area contributed by atoms with Gasteiger partial charge in [-0.05, 0) is 22.9 Å².